The van der Waals surface area contributed by atoms with E-state index >= 15 is 0 Å². The van der Waals surface area contributed by atoms with Gasteiger partial charge < -0.3 is 0 Å². The fraction of sp³-hybridized carbons (Fsp3) is 0.933. The van der Waals surface area contributed by atoms with Gasteiger partial charge in [0.25, 0.3) is 0 Å². The minimum absolute atomic E-state index is 0.341. The molecule has 90 valence electrons. The van der Waals surface area contributed by atoms with Crippen LogP contribution in [0, 0.1) is 35.5 Å². The van der Waals surface area contributed by atoms with Gasteiger partial charge in [0.05, 0.1) is 0 Å². The second kappa shape index (κ2) is 3.85. The maximum Gasteiger partial charge on any atom is 0.138 e. The van der Waals surface area contributed by atoms with Crippen LogP contribution in [-0.4, -0.2) is 5.78 Å². The Hall–Kier alpha value is -0.330. The first kappa shape index (κ1) is 10.8. The number of hydrogen-bond acceptors (Lipinski definition) is 1. The number of ketones is 1. The van der Waals surface area contributed by atoms with Gasteiger partial charge in [0.1, 0.15) is 5.78 Å². The Balaban J connectivity index is 1.69. The summed E-state index contributed by atoms with van der Waals surface area (Å²) in [5.41, 5.74) is 0. The normalized spacial score (nSPS) is 52.2. The Morgan fingerprint density at radius 2 is 1.56 bits per heavy atom. The van der Waals surface area contributed by atoms with E-state index in [1.165, 1.54) is 38.5 Å². The molecule has 0 N–H and O–H groups in total. The molecule has 0 amide bonds. The van der Waals surface area contributed by atoms with Crippen LogP contribution < -0.4 is 0 Å². The topological polar surface area (TPSA) is 17.1 Å². The Kier molecular flexibility index (Phi) is 2.60. The molecule has 2 bridgehead atoms. The van der Waals surface area contributed by atoms with Crippen molar-refractivity contribution in [3.8, 4) is 0 Å². The molecule has 0 radical (unpaired) electrons. The van der Waals surface area contributed by atoms with Crippen molar-refractivity contribution < 1.29 is 4.79 Å². The molecule has 1 heteroatoms. The van der Waals surface area contributed by atoms with E-state index in [0.717, 1.165) is 23.7 Å². The summed E-state index contributed by atoms with van der Waals surface area (Å²) < 4.78 is 0. The van der Waals surface area contributed by atoms with Gasteiger partial charge in [0.15, 0.2) is 0 Å². The molecule has 3 saturated carbocycles. The van der Waals surface area contributed by atoms with Gasteiger partial charge in [-0.1, -0.05) is 20.3 Å². The van der Waals surface area contributed by atoms with E-state index in [1.54, 1.807) is 0 Å². The van der Waals surface area contributed by atoms with Gasteiger partial charge in [-0.3, -0.25) is 4.79 Å². The van der Waals surface area contributed by atoms with Gasteiger partial charge in [0.2, 0.25) is 0 Å². The zero-order valence-corrected chi connectivity index (χ0v) is 10.6. The van der Waals surface area contributed by atoms with Gasteiger partial charge in [0, 0.05) is 11.8 Å². The van der Waals surface area contributed by atoms with Crippen LogP contribution in [0.25, 0.3) is 0 Å². The van der Waals surface area contributed by atoms with Crippen molar-refractivity contribution in [1.82, 2.24) is 0 Å². The van der Waals surface area contributed by atoms with Crippen molar-refractivity contribution in [1.29, 1.82) is 0 Å². The van der Waals surface area contributed by atoms with Gasteiger partial charge in [-0.15, -0.1) is 0 Å². The zero-order chi connectivity index (χ0) is 11.3. The second-order valence-corrected chi connectivity index (χ2v) is 6.77. The maximum atomic E-state index is 11.8. The van der Waals surface area contributed by atoms with Crippen LogP contribution in [0.3, 0.4) is 0 Å². The minimum Gasteiger partial charge on any atom is -0.299 e. The summed E-state index contributed by atoms with van der Waals surface area (Å²) in [5.74, 6) is 5.15. The maximum absolute atomic E-state index is 11.8. The first-order valence-corrected chi connectivity index (χ1v) is 7.19. The van der Waals surface area contributed by atoms with Crippen LogP contribution in [0.5, 0.6) is 0 Å². The molecule has 1 unspecified atom stereocenters. The smallest absolute Gasteiger partial charge is 0.138 e. The molecule has 6 atom stereocenters. The fourth-order valence-corrected chi connectivity index (χ4v) is 4.94. The third-order valence-electron chi connectivity index (χ3n) is 5.68. The van der Waals surface area contributed by atoms with Crippen molar-refractivity contribution in [3.63, 3.8) is 0 Å². The Morgan fingerprint density at radius 1 is 0.875 bits per heavy atom. The van der Waals surface area contributed by atoms with Crippen molar-refractivity contribution >= 4 is 5.78 Å². The summed E-state index contributed by atoms with van der Waals surface area (Å²) in [6.07, 6.45) is 8.37. The van der Waals surface area contributed by atoms with Gasteiger partial charge in [-0.25, -0.2) is 0 Å². The molecular weight excluding hydrogens is 196 g/mol. The van der Waals surface area contributed by atoms with Crippen molar-refractivity contribution in [2.45, 2.75) is 52.4 Å². The van der Waals surface area contributed by atoms with Gasteiger partial charge >= 0.3 is 0 Å². The highest BCUT2D eigenvalue weighted by Crippen LogP contribution is 2.54. The average Bonchev–Trinajstić information content (AvgIpc) is 2.86. The lowest BCUT2D eigenvalue weighted by atomic mass is 9.67. The molecule has 0 aromatic heterocycles. The largest absolute Gasteiger partial charge is 0.299 e. The molecule has 0 aromatic carbocycles. The summed E-state index contributed by atoms with van der Waals surface area (Å²) in [6.45, 7) is 4.30. The molecule has 3 aliphatic rings. The number of fused-ring (bicyclic) bond motifs is 2. The van der Waals surface area contributed by atoms with Crippen molar-refractivity contribution in [3.05, 3.63) is 0 Å². The summed E-state index contributed by atoms with van der Waals surface area (Å²) >= 11 is 0. The molecule has 1 nitrogen and oxygen atoms in total. The lowest BCUT2D eigenvalue weighted by Crippen LogP contribution is -2.34. The Labute approximate surface area is 99.0 Å². The van der Waals surface area contributed by atoms with Crippen molar-refractivity contribution in [2.75, 3.05) is 0 Å². The first-order chi connectivity index (χ1) is 7.65. The summed E-state index contributed by atoms with van der Waals surface area (Å²) in [6, 6.07) is 0. The first-order valence-electron chi connectivity index (χ1n) is 7.19. The predicted molar refractivity (Wildman–Crippen MR) is 65.0 cm³/mol. The molecule has 16 heavy (non-hydrogen) atoms. The Morgan fingerprint density at radius 3 is 2.06 bits per heavy atom. The van der Waals surface area contributed by atoms with E-state index in [-0.39, 0.29) is 0 Å². The molecule has 3 aliphatic carbocycles. The van der Waals surface area contributed by atoms with Crippen LogP contribution in [0.15, 0.2) is 0 Å². The number of carbonyl (C=O) groups excluding carboxylic acids is 1. The minimum atomic E-state index is 0.341. The fourth-order valence-electron chi connectivity index (χ4n) is 4.94. The number of hydrogen-bond donors (Lipinski definition) is 0. The summed E-state index contributed by atoms with van der Waals surface area (Å²) in [5, 5.41) is 0. The van der Waals surface area contributed by atoms with Crippen LogP contribution in [-0.2, 0) is 4.79 Å². The lowest BCUT2D eigenvalue weighted by Gasteiger charge is -2.37. The highest BCUT2D eigenvalue weighted by Gasteiger charge is 2.45. The van der Waals surface area contributed by atoms with E-state index in [0.29, 0.717) is 17.6 Å². The number of carbonyl (C=O) groups is 1. The van der Waals surface area contributed by atoms with Crippen LogP contribution in [0.2, 0.25) is 0 Å². The van der Waals surface area contributed by atoms with Gasteiger partial charge in [-0.2, -0.15) is 0 Å². The van der Waals surface area contributed by atoms with E-state index in [2.05, 4.69) is 13.8 Å². The lowest BCUT2D eigenvalue weighted by molar-refractivity contribution is -0.130. The second-order valence-electron chi connectivity index (χ2n) is 6.77. The molecular formula is C15H24O. The molecule has 0 aliphatic heterocycles. The SMILES string of the molecule is C[C@@H]1CC([C@H]2C[C@@H]3CC[C@H]2C3)C[C@H](C)C1=O. The molecule has 3 rings (SSSR count). The summed E-state index contributed by atoms with van der Waals surface area (Å²) in [7, 11) is 0. The van der Waals surface area contributed by atoms with E-state index in [1.807, 2.05) is 0 Å². The van der Waals surface area contributed by atoms with Crippen LogP contribution in [0.4, 0.5) is 0 Å². The monoisotopic (exact) mass is 220 g/mol. The summed E-state index contributed by atoms with van der Waals surface area (Å²) in [4.78, 5) is 11.8. The van der Waals surface area contributed by atoms with Crippen LogP contribution >= 0.6 is 0 Å². The Bertz CT molecular complexity index is 282. The quantitative estimate of drug-likeness (QED) is 0.659. The van der Waals surface area contributed by atoms with E-state index < -0.39 is 0 Å². The zero-order valence-electron chi connectivity index (χ0n) is 10.6. The molecule has 0 saturated heterocycles. The number of Topliss-reactive ketones (excluding diaryl/α,β-unsaturated/α-hetero) is 1. The number of rotatable bonds is 1. The molecule has 0 spiro atoms. The molecule has 0 heterocycles. The van der Waals surface area contributed by atoms with Gasteiger partial charge in [-0.05, 0) is 55.8 Å². The highest BCUT2D eigenvalue weighted by atomic mass is 16.1. The predicted octanol–water partition coefficient (Wildman–Crippen LogP) is 3.67. The van der Waals surface area contributed by atoms with Crippen LogP contribution in [0.1, 0.15) is 52.4 Å². The third kappa shape index (κ3) is 1.63. The third-order valence-corrected chi connectivity index (χ3v) is 5.68. The standard InChI is InChI=1S/C15H24O/c1-9-5-13(6-10(2)15(9)16)14-8-11-3-4-12(14)7-11/h9-14H,3-8H2,1-2H3/t9-,10+,11-,12+,13?,14+/m1/s1. The molecule has 3 fully saturated rings. The highest BCUT2D eigenvalue weighted by molar-refractivity contribution is 5.83. The molecule has 0 aromatic rings. The average molecular weight is 220 g/mol. The van der Waals surface area contributed by atoms with E-state index in [9.17, 15) is 4.79 Å². The van der Waals surface area contributed by atoms with E-state index in [4.69, 9.17) is 0 Å². The van der Waals surface area contributed by atoms with Crippen molar-refractivity contribution in [2.24, 2.45) is 35.5 Å².